The zero-order valence-electron chi connectivity index (χ0n) is 24.2. The first-order chi connectivity index (χ1) is 20.5. The Morgan fingerprint density at radius 2 is 1.77 bits per heavy atom. The molecule has 6 rings (SSSR count). The third kappa shape index (κ3) is 5.80. The summed E-state index contributed by atoms with van der Waals surface area (Å²) in [5.41, 5.74) is 3.58. The molecule has 0 unspecified atom stereocenters. The fourth-order valence-electron chi connectivity index (χ4n) is 8.02. The molecule has 3 aliphatic rings. The highest BCUT2D eigenvalue weighted by atomic mass is 32.2. The lowest BCUT2D eigenvalue weighted by Crippen LogP contribution is -2.48. The van der Waals surface area contributed by atoms with Crippen LogP contribution in [0.2, 0.25) is 0 Å². The monoisotopic (exact) mass is 602 g/mol. The van der Waals surface area contributed by atoms with Crippen molar-refractivity contribution in [2.24, 2.45) is 22.4 Å². The smallest absolute Gasteiger partial charge is 0.329 e. The summed E-state index contributed by atoms with van der Waals surface area (Å²) < 4.78 is 29.6. The highest BCUT2D eigenvalue weighted by molar-refractivity contribution is 7.89. The van der Waals surface area contributed by atoms with Gasteiger partial charge >= 0.3 is 5.97 Å². The number of ether oxygens (including phenoxy) is 1. The minimum absolute atomic E-state index is 0.0948. The lowest BCUT2D eigenvalue weighted by Gasteiger charge is -2.50. The van der Waals surface area contributed by atoms with Gasteiger partial charge in [0.2, 0.25) is 10.0 Å². The second-order valence-electron chi connectivity index (χ2n) is 12.6. The van der Waals surface area contributed by atoms with Gasteiger partial charge < -0.3 is 15.2 Å². The minimum Gasteiger partial charge on any atom is -0.508 e. The van der Waals surface area contributed by atoms with Gasteiger partial charge in [0.25, 0.3) is 5.91 Å². The van der Waals surface area contributed by atoms with Gasteiger partial charge in [-0.1, -0.05) is 43.3 Å². The van der Waals surface area contributed by atoms with Gasteiger partial charge in [0.1, 0.15) is 17.9 Å². The largest absolute Gasteiger partial charge is 0.508 e. The van der Waals surface area contributed by atoms with Gasteiger partial charge in [0.15, 0.2) is 0 Å². The lowest BCUT2D eigenvalue weighted by molar-refractivity contribution is -0.159. The molecule has 8 nitrogen and oxygen atoms in total. The van der Waals surface area contributed by atoms with E-state index < -0.39 is 27.9 Å². The maximum atomic E-state index is 13.8. The number of phenolic OH excluding ortho intramolecular Hbond substituents is 1. The summed E-state index contributed by atoms with van der Waals surface area (Å²) >= 11 is 0. The zero-order valence-corrected chi connectivity index (χ0v) is 25.1. The fourth-order valence-corrected chi connectivity index (χ4v) is 8.53. The number of nitrogens with one attached hydrogen (secondary N) is 1. The van der Waals surface area contributed by atoms with E-state index in [0.29, 0.717) is 23.5 Å². The van der Waals surface area contributed by atoms with Gasteiger partial charge in [-0.25, -0.2) is 18.4 Å². The Labute approximate surface area is 252 Å². The van der Waals surface area contributed by atoms with Crippen LogP contribution in [-0.2, 0) is 32.4 Å². The molecule has 0 saturated heterocycles. The molecular formula is C34H38N2O6S. The molecule has 2 saturated carbocycles. The maximum absolute atomic E-state index is 13.8. The quantitative estimate of drug-likeness (QED) is 0.331. The van der Waals surface area contributed by atoms with Crippen LogP contribution in [0.4, 0.5) is 0 Å². The number of benzene rings is 3. The number of fused-ring (bicyclic) bond motifs is 5. The van der Waals surface area contributed by atoms with Crippen LogP contribution in [0.15, 0.2) is 77.7 Å². The molecule has 43 heavy (non-hydrogen) atoms. The molecule has 0 aromatic heterocycles. The number of primary sulfonamides is 1. The number of phenols is 1. The van der Waals surface area contributed by atoms with Crippen molar-refractivity contribution in [3.8, 4) is 5.75 Å². The molecule has 3 aromatic carbocycles. The van der Waals surface area contributed by atoms with E-state index in [4.69, 9.17) is 9.88 Å². The SMILES string of the molecule is C[C@]12CC[C@@H]3c4ccc(O)cc4CC[C@H]3[C@@H]1CC[C@@H]2OC(=O)[C@H](Cc1ccccc1)NC(=O)c1ccc(S(N)(=O)=O)cc1. The van der Waals surface area contributed by atoms with E-state index in [1.54, 1.807) is 6.07 Å². The van der Waals surface area contributed by atoms with Gasteiger partial charge in [0, 0.05) is 17.4 Å². The Morgan fingerprint density at radius 3 is 2.49 bits per heavy atom. The normalized spacial score (nSPS) is 26.8. The molecule has 1 amide bonds. The van der Waals surface area contributed by atoms with E-state index in [9.17, 15) is 23.1 Å². The number of amides is 1. The van der Waals surface area contributed by atoms with Crippen molar-refractivity contribution in [2.45, 2.75) is 74.8 Å². The topological polar surface area (TPSA) is 136 Å². The number of carbonyl (C=O) groups is 2. The Hall–Kier alpha value is -3.69. The minimum atomic E-state index is -3.89. The van der Waals surface area contributed by atoms with E-state index in [2.05, 4.69) is 18.3 Å². The molecule has 226 valence electrons. The molecule has 0 spiro atoms. The molecule has 3 aromatic rings. The Bertz CT molecular complexity index is 1620. The molecule has 6 atom stereocenters. The number of hydrogen-bond donors (Lipinski definition) is 3. The van der Waals surface area contributed by atoms with Crippen molar-refractivity contribution < 1.29 is 27.9 Å². The zero-order chi connectivity index (χ0) is 30.4. The Morgan fingerprint density at radius 1 is 1.02 bits per heavy atom. The van der Waals surface area contributed by atoms with Gasteiger partial charge in [0.05, 0.1) is 4.90 Å². The standard InChI is InChI=1S/C34H38N2O6S/c1-34-18-17-27-26-14-10-24(37)20-23(26)9-13-28(27)29(34)15-16-31(34)42-33(39)30(19-21-5-3-2-4-6-21)36-32(38)22-7-11-25(12-8-22)43(35,40)41/h2-8,10-12,14,20,27-31,37H,9,13,15-19H2,1H3,(H,36,38)(H2,35,40,41)/t27-,28-,29+,30+,31+,34+/m1/s1. The van der Waals surface area contributed by atoms with Crippen LogP contribution in [-0.4, -0.2) is 37.5 Å². The number of rotatable bonds is 7. The van der Waals surface area contributed by atoms with Gasteiger partial charge in [-0.2, -0.15) is 0 Å². The average Bonchev–Trinajstić information content (AvgIpc) is 3.32. The number of esters is 1. The number of aryl methyl sites for hydroxylation is 1. The van der Waals surface area contributed by atoms with Gasteiger partial charge in [-0.3, -0.25) is 4.79 Å². The van der Waals surface area contributed by atoms with Crippen LogP contribution >= 0.6 is 0 Å². The van der Waals surface area contributed by atoms with E-state index >= 15 is 0 Å². The number of carbonyl (C=O) groups excluding carboxylic acids is 2. The lowest BCUT2D eigenvalue weighted by atomic mass is 9.55. The van der Waals surface area contributed by atoms with Crippen molar-refractivity contribution >= 4 is 21.9 Å². The van der Waals surface area contributed by atoms with E-state index in [1.165, 1.54) is 35.4 Å². The van der Waals surface area contributed by atoms with E-state index in [0.717, 1.165) is 44.1 Å². The molecule has 3 aliphatic carbocycles. The molecule has 0 bridgehead atoms. The van der Waals surface area contributed by atoms with E-state index in [-0.39, 0.29) is 28.4 Å². The second-order valence-corrected chi connectivity index (χ2v) is 14.2. The van der Waals surface area contributed by atoms with Gasteiger partial charge in [-0.15, -0.1) is 0 Å². The first-order valence-corrected chi connectivity index (χ1v) is 16.6. The molecular weight excluding hydrogens is 564 g/mol. The van der Waals surface area contributed by atoms with E-state index in [1.807, 2.05) is 36.4 Å². The van der Waals surface area contributed by atoms with Crippen LogP contribution in [0.3, 0.4) is 0 Å². The molecule has 0 aliphatic heterocycles. The Kier molecular flexibility index (Phi) is 7.81. The van der Waals surface area contributed by atoms with Crippen molar-refractivity contribution in [3.63, 3.8) is 0 Å². The van der Waals surface area contributed by atoms with Crippen LogP contribution in [0.1, 0.15) is 72.0 Å². The molecule has 2 fully saturated rings. The van der Waals surface area contributed by atoms with Crippen LogP contribution in [0.25, 0.3) is 0 Å². The fraction of sp³-hybridized carbons (Fsp3) is 0.412. The first-order valence-electron chi connectivity index (χ1n) is 15.0. The highest BCUT2D eigenvalue weighted by Crippen LogP contribution is 2.61. The summed E-state index contributed by atoms with van der Waals surface area (Å²) in [6.45, 7) is 2.27. The number of sulfonamides is 1. The summed E-state index contributed by atoms with van der Waals surface area (Å²) in [5.74, 6) is 0.773. The number of aromatic hydroxyl groups is 1. The summed E-state index contributed by atoms with van der Waals surface area (Å²) in [5, 5.41) is 18.0. The molecule has 4 N–H and O–H groups in total. The highest BCUT2D eigenvalue weighted by Gasteiger charge is 2.56. The third-order valence-electron chi connectivity index (χ3n) is 10.2. The van der Waals surface area contributed by atoms with Crippen molar-refractivity contribution in [2.75, 3.05) is 0 Å². The second kappa shape index (κ2) is 11.4. The maximum Gasteiger partial charge on any atom is 0.329 e. The summed E-state index contributed by atoms with van der Waals surface area (Å²) in [7, 11) is -3.89. The van der Waals surface area contributed by atoms with Crippen LogP contribution in [0, 0.1) is 17.3 Å². The predicted molar refractivity (Wildman–Crippen MR) is 162 cm³/mol. The molecule has 9 heteroatoms. The number of nitrogens with two attached hydrogens (primary N) is 1. The van der Waals surface area contributed by atoms with Crippen LogP contribution < -0.4 is 10.5 Å². The van der Waals surface area contributed by atoms with Crippen molar-refractivity contribution in [1.82, 2.24) is 5.32 Å². The predicted octanol–water partition coefficient (Wildman–Crippen LogP) is 4.85. The summed E-state index contributed by atoms with van der Waals surface area (Å²) in [6, 6.07) is 19.7. The first kappa shape index (κ1) is 29.4. The van der Waals surface area contributed by atoms with Crippen LogP contribution in [0.5, 0.6) is 5.75 Å². The van der Waals surface area contributed by atoms with Crippen molar-refractivity contribution in [3.05, 3.63) is 95.1 Å². The summed E-state index contributed by atoms with van der Waals surface area (Å²) in [6.07, 6.45) is 5.79. The molecule has 0 heterocycles. The van der Waals surface area contributed by atoms with Crippen molar-refractivity contribution in [1.29, 1.82) is 0 Å². The Balaban J connectivity index is 1.19. The molecule has 0 radical (unpaired) electrons. The summed E-state index contributed by atoms with van der Waals surface area (Å²) in [4.78, 5) is 26.9. The average molecular weight is 603 g/mol. The van der Waals surface area contributed by atoms with Gasteiger partial charge in [-0.05, 0) is 109 Å². The number of hydrogen-bond acceptors (Lipinski definition) is 6. The third-order valence-corrected chi connectivity index (χ3v) is 11.1.